The van der Waals surface area contributed by atoms with Crippen LogP contribution in [0.2, 0.25) is 0 Å². The van der Waals surface area contributed by atoms with Crippen LogP contribution in [0.5, 0.6) is 0 Å². The van der Waals surface area contributed by atoms with E-state index < -0.39 is 0 Å². The molecular formula is C54H35N3. The molecule has 9 aromatic carbocycles. The van der Waals surface area contributed by atoms with Crippen LogP contribution in [0.4, 0.5) is 0 Å². The summed E-state index contributed by atoms with van der Waals surface area (Å²) in [5.41, 5.74) is 15.4. The summed E-state index contributed by atoms with van der Waals surface area (Å²) in [7, 11) is 0. The van der Waals surface area contributed by atoms with E-state index in [-0.39, 0.29) is 0 Å². The molecule has 0 saturated heterocycles. The molecule has 3 aromatic heterocycles. The van der Waals surface area contributed by atoms with E-state index in [0.29, 0.717) is 0 Å². The normalized spacial score (nSPS) is 11.9. The highest BCUT2D eigenvalue weighted by Gasteiger charge is 2.24. The summed E-state index contributed by atoms with van der Waals surface area (Å²) < 4.78 is 7.38. The van der Waals surface area contributed by atoms with Crippen LogP contribution in [0.1, 0.15) is 0 Å². The molecule has 3 heteroatoms. The van der Waals surface area contributed by atoms with Gasteiger partial charge in [0.2, 0.25) is 0 Å². The second kappa shape index (κ2) is 12.5. The Kier molecular flexibility index (Phi) is 6.93. The topological polar surface area (TPSA) is 14.8 Å². The van der Waals surface area contributed by atoms with Gasteiger partial charge in [0.15, 0.2) is 0 Å². The average Bonchev–Trinajstić information content (AvgIpc) is 3.93. The van der Waals surface area contributed by atoms with Crippen LogP contribution >= 0.6 is 0 Å². The Morgan fingerprint density at radius 3 is 1.39 bits per heavy atom. The fourth-order valence-electron chi connectivity index (χ4n) is 9.47. The van der Waals surface area contributed by atoms with Crippen molar-refractivity contribution in [3.05, 3.63) is 212 Å². The third-order valence-electron chi connectivity index (χ3n) is 11.8. The quantitative estimate of drug-likeness (QED) is 0.168. The molecule has 0 aliphatic rings. The van der Waals surface area contributed by atoms with Gasteiger partial charge < -0.3 is 13.7 Å². The standard InChI is InChI=1S/C54H35N3/c1-4-18-36(19-5-1)37-34-44-40-24-10-14-28-46(40)56(39-22-8-3-9-23-39)54(44)45(35-37)41-25-11-15-29-47(41)57-49-31-17-13-27-43(49)53-51(57)33-32-50-52(53)42-26-12-16-30-48(42)55(50)38-20-6-2-7-21-38/h1-35H. The summed E-state index contributed by atoms with van der Waals surface area (Å²) in [4.78, 5) is 0. The average molecular weight is 726 g/mol. The minimum absolute atomic E-state index is 1.14. The summed E-state index contributed by atoms with van der Waals surface area (Å²) >= 11 is 0. The SMILES string of the molecule is c1ccc(-c2cc(-c3ccccc3-n3c4ccccc4c4c5c6ccccc6n(-c6ccccc6)c5ccc43)c3c(c2)c2ccccc2n3-c2ccccc2)cc1. The maximum Gasteiger partial charge on any atom is 0.0620 e. The van der Waals surface area contributed by atoms with E-state index in [4.69, 9.17) is 0 Å². The summed E-state index contributed by atoms with van der Waals surface area (Å²) in [6.07, 6.45) is 0. The van der Waals surface area contributed by atoms with Crippen LogP contribution in [0.25, 0.3) is 105 Å². The fourth-order valence-corrected chi connectivity index (χ4v) is 9.47. The van der Waals surface area contributed by atoms with Crippen molar-refractivity contribution in [3.63, 3.8) is 0 Å². The third kappa shape index (κ3) is 4.66. The van der Waals surface area contributed by atoms with Gasteiger partial charge in [0, 0.05) is 54.8 Å². The lowest BCUT2D eigenvalue weighted by Gasteiger charge is -2.18. The highest BCUT2D eigenvalue weighted by atomic mass is 15.0. The monoisotopic (exact) mass is 725 g/mol. The third-order valence-corrected chi connectivity index (χ3v) is 11.8. The van der Waals surface area contributed by atoms with E-state index in [9.17, 15) is 0 Å². The predicted molar refractivity (Wildman–Crippen MR) is 240 cm³/mol. The zero-order chi connectivity index (χ0) is 37.5. The summed E-state index contributed by atoms with van der Waals surface area (Å²) in [5.74, 6) is 0. The van der Waals surface area contributed by atoms with Crippen molar-refractivity contribution < 1.29 is 0 Å². The number of benzene rings is 9. The molecule has 3 heterocycles. The molecule has 0 amide bonds. The highest BCUT2D eigenvalue weighted by molar-refractivity contribution is 6.29. The molecule has 0 aliphatic carbocycles. The zero-order valence-corrected chi connectivity index (χ0v) is 31.0. The van der Waals surface area contributed by atoms with Gasteiger partial charge in [0.05, 0.1) is 38.8 Å². The van der Waals surface area contributed by atoms with E-state index in [0.717, 1.165) is 17.1 Å². The maximum absolute atomic E-state index is 2.50. The number of fused-ring (bicyclic) bond motifs is 10. The Morgan fingerprint density at radius 2 is 0.737 bits per heavy atom. The number of hydrogen-bond donors (Lipinski definition) is 0. The van der Waals surface area contributed by atoms with Gasteiger partial charge in [0.25, 0.3) is 0 Å². The molecule has 0 bridgehead atoms. The minimum Gasteiger partial charge on any atom is -0.309 e. The first-order valence-electron chi connectivity index (χ1n) is 19.6. The first-order chi connectivity index (χ1) is 28.3. The molecule has 0 N–H and O–H groups in total. The number of rotatable bonds is 5. The number of para-hydroxylation sites is 6. The molecule has 0 saturated carbocycles. The Labute approximate surface area is 329 Å². The van der Waals surface area contributed by atoms with Crippen molar-refractivity contribution in [2.45, 2.75) is 0 Å². The van der Waals surface area contributed by atoms with Gasteiger partial charge >= 0.3 is 0 Å². The van der Waals surface area contributed by atoms with Crippen LogP contribution in [-0.4, -0.2) is 13.7 Å². The Balaban J connectivity index is 1.22. The van der Waals surface area contributed by atoms with Crippen LogP contribution in [0, 0.1) is 0 Å². The van der Waals surface area contributed by atoms with Gasteiger partial charge in [-0.25, -0.2) is 0 Å². The van der Waals surface area contributed by atoms with E-state index in [1.54, 1.807) is 0 Å². The second-order valence-electron chi connectivity index (χ2n) is 14.9. The molecule has 0 spiro atoms. The second-order valence-corrected chi connectivity index (χ2v) is 14.9. The minimum atomic E-state index is 1.14. The van der Waals surface area contributed by atoms with Crippen molar-refractivity contribution >= 4 is 65.4 Å². The van der Waals surface area contributed by atoms with Crippen LogP contribution in [0.3, 0.4) is 0 Å². The van der Waals surface area contributed by atoms with E-state index >= 15 is 0 Å². The van der Waals surface area contributed by atoms with Gasteiger partial charge in [0.1, 0.15) is 0 Å². The van der Waals surface area contributed by atoms with Gasteiger partial charge in [-0.05, 0) is 83.9 Å². The molecule has 0 atom stereocenters. The predicted octanol–water partition coefficient (Wildman–Crippen LogP) is 14.3. The summed E-state index contributed by atoms with van der Waals surface area (Å²) in [6, 6.07) is 77.4. The largest absolute Gasteiger partial charge is 0.309 e. The smallest absolute Gasteiger partial charge is 0.0620 e. The van der Waals surface area contributed by atoms with Crippen molar-refractivity contribution in [1.29, 1.82) is 0 Å². The molecule has 266 valence electrons. The molecule has 12 rings (SSSR count). The fraction of sp³-hybridized carbons (Fsp3) is 0. The van der Waals surface area contributed by atoms with E-state index in [2.05, 4.69) is 226 Å². The molecule has 0 aliphatic heterocycles. The van der Waals surface area contributed by atoms with Crippen molar-refractivity contribution in [2.24, 2.45) is 0 Å². The van der Waals surface area contributed by atoms with Crippen LogP contribution < -0.4 is 0 Å². The maximum atomic E-state index is 2.50. The lowest BCUT2D eigenvalue weighted by Crippen LogP contribution is -2.00. The van der Waals surface area contributed by atoms with E-state index in [1.807, 2.05) is 0 Å². The molecule has 0 radical (unpaired) electrons. The van der Waals surface area contributed by atoms with Crippen LogP contribution in [-0.2, 0) is 0 Å². The Hall–Kier alpha value is -7.62. The van der Waals surface area contributed by atoms with E-state index in [1.165, 1.54) is 87.7 Å². The number of hydrogen-bond acceptors (Lipinski definition) is 0. The first-order valence-corrected chi connectivity index (χ1v) is 19.6. The van der Waals surface area contributed by atoms with Gasteiger partial charge in [-0.15, -0.1) is 0 Å². The van der Waals surface area contributed by atoms with Gasteiger partial charge in [-0.3, -0.25) is 0 Å². The molecule has 0 unspecified atom stereocenters. The Morgan fingerprint density at radius 1 is 0.263 bits per heavy atom. The van der Waals surface area contributed by atoms with Crippen molar-refractivity contribution in [3.8, 4) is 39.3 Å². The summed E-state index contributed by atoms with van der Waals surface area (Å²) in [5, 5.41) is 7.51. The number of aromatic nitrogens is 3. The summed E-state index contributed by atoms with van der Waals surface area (Å²) in [6.45, 7) is 0. The molecule has 57 heavy (non-hydrogen) atoms. The zero-order valence-electron chi connectivity index (χ0n) is 31.0. The van der Waals surface area contributed by atoms with Gasteiger partial charge in [-0.1, -0.05) is 140 Å². The molecule has 3 nitrogen and oxygen atoms in total. The Bertz CT molecular complexity index is 3500. The van der Waals surface area contributed by atoms with Crippen molar-refractivity contribution in [1.82, 2.24) is 13.7 Å². The molecule has 12 aromatic rings. The lowest BCUT2D eigenvalue weighted by molar-refractivity contribution is 1.17. The van der Waals surface area contributed by atoms with Crippen LogP contribution in [0.15, 0.2) is 212 Å². The van der Waals surface area contributed by atoms with Gasteiger partial charge in [-0.2, -0.15) is 0 Å². The first kappa shape index (κ1) is 31.7. The van der Waals surface area contributed by atoms with Crippen molar-refractivity contribution in [2.75, 3.05) is 0 Å². The molecular weight excluding hydrogens is 691 g/mol. The highest BCUT2D eigenvalue weighted by Crippen LogP contribution is 2.46. The lowest BCUT2D eigenvalue weighted by atomic mass is 9.94. The molecule has 0 fully saturated rings. The number of nitrogens with zero attached hydrogens (tertiary/aromatic N) is 3.